The molecule has 2 aromatic carbocycles. The van der Waals surface area contributed by atoms with E-state index >= 15 is 0 Å². The van der Waals surface area contributed by atoms with E-state index in [2.05, 4.69) is 26.2 Å². The van der Waals surface area contributed by atoms with Gasteiger partial charge < -0.3 is 10.1 Å². The van der Waals surface area contributed by atoms with Gasteiger partial charge in [-0.1, -0.05) is 57.9 Å². The highest BCUT2D eigenvalue weighted by molar-refractivity contribution is 9.10. The number of carbonyl (C=O) groups is 1. The summed E-state index contributed by atoms with van der Waals surface area (Å²) < 4.78 is 6.03. The van der Waals surface area contributed by atoms with Crippen LogP contribution in [-0.4, -0.2) is 17.6 Å². The third-order valence-electron chi connectivity index (χ3n) is 3.67. The molecule has 25 heavy (non-hydrogen) atoms. The first-order valence-electron chi connectivity index (χ1n) is 7.84. The van der Waals surface area contributed by atoms with Crippen LogP contribution in [0.1, 0.15) is 22.8 Å². The van der Waals surface area contributed by atoms with Gasteiger partial charge >= 0.3 is 5.97 Å². The second-order valence-corrected chi connectivity index (χ2v) is 6.66. The van der Waals surface area contributed by atoms with E-state index in [1.807, 2.05) is 48.5 Å². The molecule has 1 aromatic heterocycles. The maximum Gasteiger partial charge on any atom is 0.343 e. The second-order valence-electron chi connectivity index (χ2n) is 5.37. The van der Waals surface area contributed by atoms with Crippen molar-refractivity contribution in [2.45, 2.75) is 13.5 Å². The molecule has 0 aliphatic carbocycles. The number of carbonyl (C=O) groups excluding carboxylic acids is 1. The van der Waals surface area contributed by atoms with Crippen LogP contribution in [0, 0.1) is 0 Å². The molecular weight excluding hydrogens is 404 g/mol. The first-order chi connectivity index (χ1) is 12.1. The molecule has 0 atom stereocenters. The normalized spacial score (nSPS) is 10.7. The SMILES string of the molecule is CCOC(=O)c1c(NCc2ccccc2)nc2ccc(Br)cc2c1Cl. The van der Waals surface area contributed by atoms with Crippen LogP contribution in [0.25, 0.3) is 10.9 Å². The summed E-state index contributed by atoms with van der Waals surface area (Å²) >= 11 is 9.95. The number of anilines is 1. The number of hydrogen-bond acceptors (Lipinski definition) is 4. The van der Waals surface area contributed by atoms with Crippen molar-refractivity contribution in [1.82, 2.24) is 4.98 Å². The fraction of sp³-hybridized carbons (Fsp3) is 0.158. The summed E-state index contributed by atoms with van der Waals surface area (Å²) in [5.74, 6) is -0.0698. The highest BCUT2D eigenvalue weighted by Crippen LogP contribution is 2.33. The lowest BCUT2D eigenvalue weighted by molar-refractivity contribution is 0.0527. The van der Waals surface area contributed by atoms with Crippen LogP contribution >= 0.6 is 27.5 Å². The number of hydrogen-bond donors (Lipinski definition) is 1. The number of nitrogens with zero attached hydrogens (tertiary/aromatic N) is 1. The van der Waals surface area contributed by atoms with E-state index in [4.69, 9.17) is 16.3 Å². The van der Waals surface area contributed by atoms with Crippen molar-refractivity contribution in [3.05, 3.63) is 69.2 Å². The maximum absolute atomic E-state index is 12.4. The van der Waals surface area contributed by atoms with E-state index in [1.165, 1.54) is 0 Å². The maximum atomic E-state index is 12.4. The monoisotopic (exact) mass is 418 g/mol. The topological polar surface area (TPSA) is 51.2 Å². The molecule has 3 aromatic rings. The molecule has 1 N–H and O–H groups in total. The van der Waals surface area contributed by atoms with Crippen LogP contribution in [0.15, 0.2) is 53.0 Å². The Morgan fingerprint density at radius 1 is 1.24 bits per heavy atom. The van der Waals surface area contributed by atoms with Gasteiger partial charge in [0.1, 0.15) is 11.4 Å². The molecule has 0 aliphatic rings. The molecule has 1 heterocycles. The van der Waals surface area contributed by atoms with Crippen LogP contribution in [0.2, 0.25) is 5.02 Å². The van der Waals surface area contributed by atoms with E-state index < -0.39 is 5.97 Å². The van der Waals surface area contributed by atoms with Gasteiger partial charge in [0, 0.05) is 16.4 Å². The van der Waals surface area contributed by atoms with Crippen molar-refractivity contribution in [3.8, 4) is 0 Å². The summed E-state index contributed by atoms with van der Waals surface area (Å²) in [7, 11) is 0. The predicted octanol–water partition coefficient (Wildman–Crippen LogP) is 5.44. The fourth-order valence-electron chi connectivity index (χ4n) is 2.50. The van der Waals surface area contributed by atoms with Crippen LogP contribution in [0.4, 0.5) is 5.82 Å². The minimum atomic E-state index is -0.488. The highest BCUT2D eigenvalue weighted by Gasteiger charge is 2.21. The Bertz CT molecular complexity index is 916. The molecule has 128 valence electrons. The Labute approximate surface area is 159 Å². The average molecular weight is 420 g/mol. The number of pyridine rings is 1. The molecule has 0 saturated heterocycles. The molecule has 0 amide bonds. The summed E-state index contributed by atoms with van der Waals surface area (Å²) in [5.41, 5.74) is 2.04. The molecule has 4 nitrogen and oxygen atoms in total. The number of fused-ring (bicyclic) bond motifs is 1. The third-order valence-corrected chi connectivity index (χ3v) is 4.55. The first kappa shape index (κ1) is 17.7. The number of halogens is 2. The molecule has 0 unspecified atom stereocenters. The number of nitrogens with one attached hydrogen (secondary N) is 1. The lowest BCUT2D eigenvalue weighted by Crippen LogP contribution is -2.12. The molecule has 0 fully saturated rings. The molecule has 0 bridgehead atoms. The van der Waals surface area contributed by atoms with Crippen LogP contribution in [0.5, 0.6) is 0 Å². The molecule has 0 saturated carbocycles. The Morgan fingerprint density at radius 2 is 2.00 bits per heavy atom. The van der Waals surface area contributed by atoms with E-state index in [9.17, 15) is 4.79 Å². The summed E-state index contributed by atoms with van der Waals surface area (Å²) in [6.45, 7) is 2.55. The summed E-state index contributed by atoms with van der Waals surface area (Å²) in [6.07, 6.45) is 0. The van der Waals surface area contributed by atoms with Gasteiger partial charge in [0.2, 0.25) is 0 Å². The van der Waals surface area contributed by atoms with Gasteiger partial charge in [-0.25, -0.2) is 9.78 Å². The Hall–Kier alpha value is -2.11. The van der Waals surface area contributed by atoms with Crippen molar-refractivity contribution in [3.63, 3.8) is 0 Å². The van der Waals surface area contributed by atoms with Crippen molar-refractivity contribution in [1.29, 1.82) is 0 Å². The average Bonchev–Trinajstić information content (AvgIpc) is 2.61. The predicted molar refractivity (Wildman–Crippen MR) is 104 cm³/mol. The van der Waals surface area contributed by atoms with Crippen LogP contribution in [0.3, 0.4) is 0 Å². The summed E-state index contributed by atoms with van der Waals surface area (Å²) in [4.78, 5) is 17.0. The van der Waals surface area contributed by atoms with Gasteiger partial charge in [-0.15, -0.1) is 0 Å². The quantitative estimate of drug-likeness (QED) is 0.560. The Balaban J connectivity index is 2.06. The summed E-state index contributed by atoms with van der Waals surface area (Å²) in [5, 5.41) is 4.24. The first-order valence-corrected chi connectivity index (χ1v) is 9.01. The minimum absolute atomic E-state index is 0.255. The van der Waals surface area contributed by atoms with Gasteiger partial charge in [0.25, 0.3) is 0 Å². The zero-order valence-corrected chi connectivity index (χ0v) is 15.9. The number of benzene rings is 2. The number of aromatic nitrogens is 1. The molecular formula is C19H16BrClN2O2. The Kier molecular flexibility index (Phi) is 5.56. The smallest absolute Gasteiger partial charge is 0.343 e. The number of esters is 1. The van der Waals surface area contributed by atoms with Gasteiger partial charge in [-0.2, -0.15) is 0 Å². The number of rotatable bonds is 5. The third kappa shape index (κ3) is 3.94. The minimum Gasteiger partial charge on any atom is -0.462 e. The fourth-order valence-corrected chi connectivity index (χ4v) is 3.17. The van der Waals surface area contributed by atoms with Crippen LogP contribution in [-0.2, 0) is 11.3 Å². The van der Waals surface area contributed by atoms with Crippen molar-refractivity contribution >= 4 is 50.2 Å². The van der Waals surface area contributed by atoms with E-state index in [0.717, 1.165) is 10.0 Å². The van der Waals surface area contributed by atoms with E-state index in [-0.39, 0.29) is 12.2 Å². The second kappa shape index (κ2) is 7.85. The van der Waals surface area contributed by atoms with Crippen LogP contribution < -0.4 is 5.32 Å². The van der Waals surface area contributed by atoms with Crippen molar-refractivity contribution < 1.29 is 9.53 Å². The molecule has 0 aliphatic heterocycles. The lowest BCUT2D eigenvalue weighted by atomic mass is 10.1. The van der Waals surface area contributed by atoms with Gasteiger partial charge in [0.15, 0.2) is 0 Å². The van der Waals surface area contributed by atoms with Crippen molar-refractivity contribution in [2.24, 2.45) is 0 Å². The van der Waals surface area contributed by atoms with E-state index in [1.54, 1.807) is 6.92 Å². The zero-order chi connectivity index (χ0) is 17.8. The molecule has 6 heteroatoms. The zero-order valence-electron chi connectivity index (χ0n) is 13.6. The highest BCUT2D eigenvalue weighted by atomic mass is 79.9. The summed E-state index contributed by atoms with van der Waals surface area (Å²) in [6, 6.07) is 15.5. The van der Waals surface area contributed by atoms with E-state index in [0.29, 0.717) is 28.3 Å². The van der Waals surface area contributed by atoms with Crippen molar-refractivity contribution in [2.75, 3.05) is 11.9 Å². The molecule has 0 radical (unpaired) electrons. The molecule has 0 spiro atoms. The number of ether oxygens (including phenoxy) is 1. The molecule has 3 rings (SSSR count). The largest absolute Gasteiger partial charge is 0.462 e. The lowest BCUT2D eigenvalue weighted by Gasteiger charge is -2.14. The van der Waals surface area contributed by atoms with Gasteiger partial charge in [0.05, 0.1) is 17.1 Å². The van der Waals surface area contributed by atoms with Gasteiger partial charge in [-0.3, -0.25) is 0 Å². The Morgan fingerprint density at radius 3 is 2.72 bits per heavy atom. The standard InChI is InChI=1S/C19H16BrClN2O2/c1-2-25-19(24)16-17(21)14-10-13(20)8-9-15(14)23-18(16)22-11-12-6-4-3-5-7-12/h3-10H,2,11H2,1H3,(H,22,23). The van der Waals surface area contributed by atoms with Gasteiger partial charge in [-0.05, 0) is 30.7 Å².